The highest BCUT2D eigenvalue weighted by Gasteiger charge is 2.19. The molecule has 3 rings (SSSR count). The van der Waals surface area contributed by atoms with Crippen molar-refractivity contribution in [3.05, 3.63) is 30.5 Å². The number of hydrogen-bond acceptors (Lipinski definition) is 4. The van der Waals surface area contributed by atoms with Gasteiger partial charge in [0.15, 0.2) is 0 Å². The first-order valence-electron chi connectivity index (χ1n) is 6.98. The van der Waals surface area contributed by atoms with E-state index in [9.17, 15) is 0 Å². The van der Waals surface area contributed by atoms with Gasteiger partial charge in [0.25, 0.3) is 0 Å². The third kappa shape index (κ3) is 2.85. The van der Waals surface area contributed by atoms with Crippen LogP contribution in [0.1, 0.15) is 13.8 Å². The Morgan fingerprint density at radius 1 is 1.30 bits per heavy atom. The van der Waals surface area contributed by atoms with Crippen molar-refractivity contribution in [3.8, 4) is 11.5 Å². The lowest BCUT2D eigenvalue weighted by molar-refractivity contribution is -0.0506. The van der Waals surface area contributed by atoms with E-state index in [1.807, 2.05) is 38.1 Å². The molecule has 0 amide bonds. The number of hydrogen-bond donors (Lipinski definition) is 0. The second-order valence-electron chi connectivity index (χ2n) is 5.37. The monoisotopic (exact) mass is 273 g/mol. The number of pyridine rings is 1. The van der Waals surface area contributed by atoms with Gasteiger partial charge >= 0.3 is 0 Å². The first kappa shape index (κ1) is 13.2. The Balaban J connectivity index is 1.85. The zero-order valence-electron chi connectivity index (χ0n) is 11.8. The van der Waals surface area contributed by atoms with E-state index in [0.29, 0.717) is 12.5 Å². The van der Waals surface area contributed by atoms with Gasteiger partial charge in [0.2, 0.25) is 0 Å². The molecular formula is C16H19NO3. The van der Waals surface area contributed by atoms with E-state index in [2.05, 4.69) is 4.98 Å². The second-order valence-corrected chi connectivity index (χ2v) is 5.37. The summed E-state index contributed by atoms with van der Waals surface area (Å²) < 4.78 is 16.8. The Hall–Kier alpha value is -1.81. The molecule has 1 saturated heterocycles. The Bertz CT molecular complexity index is 593. The molecule has 2 heterocycles. The predicted molar refractivity (Wildman–Crippen MR) is 77.3 cm³/mol. The van der Waals surface area contributed by atoms with Crippen LogP contribution in [0.5, 0.6) is 11.5 Å². The molecule has 0 aliphatic carbocycles. The summed E-state index contributed by atoms with van der Waals surface area (Å²) in [5, 5.41) is 0.992. The average Bonchev–Trinajstić information content (AvgIpc) is 2.36. The van der Waals surface area contributed by atoms with Gasteiger partial charge in [-0.3, -0.25) is 4.98 Å². The van der Waals surface area contributed by atoms with Crippen LogP contribution >= 0.6 is 0 Å². The molecule has 0 unspecified atom stereocenters. The van der Waals surface area contributed by atoms with E-state index < -0.39 is 0 Å². The number of benzene rings is 1. The fourth-order valence-electron chi connectivity index (χ4n) is 2.16. The summed E-state index contributed by atoms with van der Waals surface area (Å²) in [7, 11) is 0. The molecule has 20 heavy (non-hydrogen) atoms. The van der Waals surface area contributed by atoms with Gasteiger partial charge in [-0.15, -0.1) is 0 Å². The highest BCUT2D eigenvalue weighted by molar-refractivity contribution is 5.86. The van der Waals surface area contributed by atoms with Crippen LogP contribution in [-0.4, -0.2) is 30.9 Å². The van der Waals surface area contributed by atoms with Crippen molar-refractivity contribution in [2.45, 2.75) is 20.0 Å². The quantitative estimate of drug-likeness (QED) is 0.839. The van der Waals surface area contributed by atoms with E-state index in [0.717, 1.165) is 35.6 Å². The summed E-state index contributed by atoms with van der Waals surface area (Å²) in [6.45, 7) is 6.31. The van der Waals surface area contributed by atoms with Gasteiger partial charge in [-0.1, -0.05) is 0 Å². The standard InChI is InChI=1S/C16H19NO3/c1-11(2)20-13-3-4-15-14(7-13)16(5-6-17-15)19-10-12-8-18-9-12/h3-7,11-12H,8-10H2,1-2H3. The van der Waals surface area contributed by atoms with Crippen molar-refractivity contribution < 1.29 is 14.2 Å². The van der Waals surface area contributed by atoms with Crippen LogP contribution in [-0.2, 0) is 4.74 Å². The molecule has 0 atom stereocenters. The molecular weight excluding hydrogens is 254 g/mol. The topological polar surface area (TPSA) is 40.6 Å². The first-order chi connectivity index (χ1) is 9.72. The molecule has 0 bridgehead atoms. The van der Waals surface area contributed by atoms with Crippen molar-refractivity contribution in [2.24, 2.45) is 5.92 Å². The lowest BCUT2D eigenvalue weighted by Gasteiger charge is -2.26. The second kappa shape index (κ2) is 5.67. The van der Waals surface area contributed by atoms with Crippen molar-refractivity contribution in [3.63, 3.8) is 0 Å². The SMILES string of the molecule is CC(C)Oc1ccc2nccc(OCC3COC3)c2c1. The van der Waals surface area contributed by atoms with Gasteiger partial charge in [0.05, 0.1) is 31.4 Å². The highest BCUT2D eigenvalue weighted by atomic mass is 16.5. The van der Waals surface area contributed by atoms with Crippen LogP contribution in [0, 0.1) is 5.92 Å². The number of ether oxygens (including phenoxy) is 3. The summed E-state index contributed by atoms with van der Waals surface area (Å²) in [5.74, 6) is 2.21. The smallest absolute Gasteiger partial charge is 0.130 e. The highest BCUT2D eigenvalue weighted by Crippen LogP contribution is 2.29. The molecule has 0 N–H and O–H groups in total. The minimum absolute atomic E-state index is 0.153. The summed E-state index contributed by atoms with van der Waals surface area (Å²) in [6, 6.07) is 7.81. The average molecular weight is 273 g/mol. The third-order valence-corrected chi connectivity index (χ3v) is 3.23. The molecule has 1 aliphatic rings. The Kier molecular flexibility index (Phi) is 3.74. The van der Waals surface area contributed by atoms with E-state index in [1.54, 1.807) is 6.20 Å². The van der Waals surface area contributed by atoms with E-state index in [1.165, 1.54) is 0 Å². The molecule has 106 valence electrons. The Morgan fingerprint density at radius 3 is 2.85 bits per heavy atom. The van der Waals surface area contributed by atoms with Gasteiger partial charge in [-0.25, -0.2) is 0 Å². The Labute approximate surface area is 118 Å². The predicted octanol–water partition coefficient (Wildman–Crippen LogP) is 3.05. The van der Waals surface area contributed by atoms with E-state index in [-0.39, 0.29) is 6.10 Å². The molecule has 2 aromatic rings. The van der Waals surface area contributed by atoms with Crippen LogP contribution in [0.4, 0.5) is 0 Å². The molecule has 4 nitrogen and oxygen atoms in total. The summed E-state index contributed by atoms with van der Waals surface area (Å²) in [5.41, 5.74) is 0.920. The number of fused-ring (bicyclic) bond motifs is 1. The minimum Gasteiger partial charge on any atom is -0.492 e. The lowest BCUT2D eigenvalue weighted by atomic mass is 10.1. The maximum absolute atomic E-state index is 5.91. The number of nitrogens with zero attached hydrogens (tertiary/aromatic N) is 1. The fourth-order valence-corrected chi connectivity index (χ4v) is 2.16. The van der Waals surface area contributed by atoms with Crippen LogP contribution in [0.25, 0.3) is 10.9 Å². The van der Waals surface area contributed by atoms with Crippen LogP contribution < -0.4 is 9.47 Å². The number of aromatic nitrogens is 1. The van der Waals surface area contributed by atoms with Gasteiger partial charge in [0, 0.05) is 17.5 Å². The van der Waals surface area contributed by atoms with Crippen molar-refractivity contribution in [1.29, 1.82) is 0 Å². The molecule has 0 spiro atoms. The van der Waals surface area contributed by atoms with Crippen LogP contribution in [0.3, 0.4) is 0 Å². The van der Waals surface area contributed by atoms with Crippen molar-refractivity contribution >= 4 is 10.9 Å². The fraction of sp³-hybridized carbons (Fsp3) is 0.438. The molecule has 1 aromatic heterocycles. The zero-order chi connectivity index (χ0) is 13.9. The normalized spacial score (nSPS) is 15.3. The van der Waals surface area contributed by atoms with Gasteiger partial charge in [-0.05, 0) is 38.1 Å². The van der Waals surface area contributed by atoms with Crippen molar-refractivity contribution in [1.82, 2.24) is 4.98 Å². The maximum Gasteiger partial charge on any atom is 0.130 e. The molecule has 0 radical (unpaired) electrons. The maximum atomic E-state index is 5.91. The largest absolute Gasteiger partial charge is 0.492 e. The Morgan fingerprint density at radius 2 is 2.15 bits per heavy atom. The third-order valence-electron chi connectivity index (χ3n) is 3.23. The minimum atomic E-state index is 0.153. The van der Waals surface area contributed by atoms with E-state index >= 15 is 0 Å². The molecule has 1 fully saturated rings. The summed E-state index contributed by atoms with van der Waals surface area (Å²) >= 11 is 0. The first-order valence-corrected chi connectivity index (χ1v) is 6.98. The molecule has 4 heteroatoms. The van der Waals surface area contributed by atoms with Crippen LogP contribution in [0.2, 0.25) is 0 Å². The van der Waals surface area contributed by atoms with Gasteiger partial charge in [-0.2, -0.15) is 0 Å². The zero-order valence-corrected chi connectivity index (χ0v) is 11.8. The summed E-state index contributed by atoms with van der Waals surface area (Å²) in [4.78, 5) is 4.36. The van der Waals surface area contributed by atoms with Gasteiger partial charge < -0.3 is 14.2 Å². The molecule has 1 aromatic carbocycles. The van der Waals surface area contributed by atoms with Crippen molar-refractivity contribution in [2.75, 3.05) is 19.8 Å². The molecule has 1 aliphatic heterocycles. The van der Waals surface area contributed by atoms with E-state index in [4.69, 9.17) is 14.2 Å². The number of rotatable bonds is 5. The summed E-state index contributed by atoms with van der Waals surface area (Å²) in [6.07, 6.45) is 1.93. The molecule has 0 saturated carbocycles. The lowest BCUT2D eigenvalue weighted by Crippen LogP contribution is -2.32. The van der Waals surface area contributed by atoms with Gasteiger partial charge in [0.1, 0.15) is 11.5 Å². The van der Waals surface area contributed by atoms with Crippen LogP contribution in [0.15, 0.2) is 30.5 Å².